The van der Waals surface area contributed by atoms with Gasteiger partial charge in [-0.25, -0.2) is 4.79 Å². The molecule has 82 valence electrons. The Morgan fingerprint density at radius 2 is 2.19 bits per heavy atom. The van der Waals surface area contributed by atoms with Gasteiger partial charge in [-0.2, -0.15) is 0 Å². The zero-order valence-corrected chi connectivity index (χ0v) is 10.3. The molecule has 2 nitrogen and oxygen atoms in total. The highest BCUT2D eigenvalue weighted by Gasteiger charge is 2.11. The fraction of sp³-hybridized carbons (Fsp3) is 0.0833. The minimum atomic E-state index is -0.872. The number of aromatic carboxylic acids is 1. The zero-order valence-electron chi connectivity index (χ0n) is 8.64. The molecule has 1 aromatic heterocycles. The van der Waals surface area contributed by atoms with Crippen molar-refractivity contribution in [2.24, 2.45) is 0 Å². The van der Waals surface area contributed by atoms with Gasteiger partial charge in [0.05, 0.1) is 9.77 Å². The van der Waals surface area contributed by atoms with Gasteiger partial charge in [0.15, 0.2) is 0 Å². The molecule has 0 aliphatic heterocycles. The first-order valence-electron chi connectivity index (χ1n) is 4.72. The second-order valence-electron chi connectivity index (χ2n) is 3.34. The molecule has 0 radical (unpaired) electrons. The van der Waals surface area contributed by atoms with E-state index in [-0.39, 0.29) is 0 Å². The van der Waals surface area contributed by atoms with Crippen LogP contribution in [0.5, 0.6) is 0 Å². The predicted molar refractivity (Wildman–Crippen MR) is 66.6 cm³/mol. The molecule has 0 saturated heterocycles. The maximum atomic E-state index is 11.1. The summed E-state index contributed by atoms with van der Waals surface area (Å²) in [5, 5.41) is 11.1. The molecule has 1 aromatic carbocycles. The average molecular weight is 250 g/mol. The lowest BCUT2D eigenvalue weighted by Gasteiger charge is -2.05. The van der Waals surface area contributed by atoms with Gasteiger partial charge in [-0.3, -0.25) is 0 Å². The van der Waals surface area contributed by atoms with E-state index in [0.29, 0.717) is 5.56 Å². The lowest BCUT2D eigenvalue weighted by molar-refractivity contribution is 0.0693. The third-order valence-electron chi connectivity index (χ3n) is 2.07. The van der Waals surface area contributed by atoms with Crippen LogP contribution in [0.4, 0.5) is 0 Å². The highest BCUT2D eigenvalue weighted by molar-refractivity contribution is 8.01. The SMILES string of the molecule is Cc1ccc(Sc2cccs2)c(C(=O)O)c1. The average Bonchev–Trinajstić information content (AvgIpc) is 2.73. The largest absolute Gasteiger partial charge is 0.478 e. The Kier molecular flexibility index (Phi) is 3.31. The van der Waals surface area contributed by atoms with Crippen LogP contribution in [0.15, 0.2) is 44.8 Å². The topological polar surface area (TPSA) is 37.3 Å². The number of aryl methyl sites for hydroxylation is 1. The van der Waals surface area contributed by atoms with E-state index in [1.807, 2.05) is 36.6 Å². The summed E-state index contributed by atoms with van der Waals surface area (Å²) in [5.74, 6) is -0.872. The molecule has 0 bridgehead atoms. The van der Waals surface area contributed by atoms with Crippen LogP contribution in [0.2, 0.25) is 0 Å². The second kappa shape index (κ2) is 4.72. The van der Waals surface area contributed by atoms with E-state index in [2.05, 4.69) is 0 Å². The van der Waals surface area contributed by atoms with Crippen molar-refractivity contribution < 1.29 is 9.90 Å². The molecule has 1 N–H and O–H groups in total. The second-order valence-corrected chi connectivity index (χ2v) is 5.63. The lowest BCUT2D eigenvalue weighted by atomic mass is 10.1. The lowest BCUT2D eigenvalue weighted by Crippen LogP contribution is -1.98. The Bertz CT molecular complexity index is 504. The number of hydrogen-bond donors (Lipinski definition) is 1. The molecule has 16 heavy (non-hydrogen) atoms. The van der Waals surface area contributed by atoms with E-state index < -0.39 is 5.97 Å². The van der Waals surface area contributed by atoms with Crippen molar-refractivity contribution in [1.29, 1.82) is 0 Å². The van der Waals surface area contributed by atoms with Crippen molar-refractivity contribution in [3.63, 3.8) is 0 Å². The van der Waals surface area contributed by atoms with Crippen molar-refractivity contribution in [1.82, 2.24) is 0 Å². The van der Waals surface area contributed by atoms with Gasteiger partial charge in [0.25, 0.3) is 0 Å². The highest BCUT2D eigenvalue weighted by atomic mass is 32.2. The van der Waals surface area contributed by atoms with Gasteiger partial charge in [-0.15, -0.1) is 11.3 Å². The van der Waals surface area contributed by atoms with Gasteiger partial charge in [0, 0.05) is 4.90 Å². The summed E-state index contributed by atoms with van der Waals surface area (Å²) in [6.07, 6.45) is 0. The maximum absolute atomic E-state index is 11.1. The summed E-state index contributed by atoms with van der Waals surface area (Å²) in [5.41, 5.74) is 1.34. The summed E-state index contributed by atoms with van der Waals surface area (Å²) < 4.78 is 1.10. The molecule has 2 rings (SSSR count). The minimum absolute atomic E-state index is 0.374. The van der Waals surface area contributed by atoms with Crippen LogP contribution in [-0.2, 0) is 0 Å². The van der Waals surface area contributed by atoms with E-state index in [4.69, 9.17) is 5.11 Å². The number of carbonyl (C=O) groups is 1. The summed E-state index contributed by atoms with van der Waals surface area (Å²) in [7, 11) is 0. The van der Waals surface area contributed by atoms with Crippen molar-refractivity contribution in [3.8, 4) is 0 Å². The van der Waals surface area contributed by atoms with Gasteiger partial charge < -0.3 is 5.11 Å². The van der Waals surface area contributed by atoms with Crippen molar-refractivity contribution in [3.05, 3.63) is 46.8 Å². The standard InChI is InChI=1S/C12H10O2S2/c1-8-4-5-10(9(7-8)12(13)14)16-11-3-2-6-15-11/h2-7H,1H3,(H,13,14). The van der Waals surface area contributed by atoms with E-state index in [9.17, 15) is 4.79 Å². The van der Waals surface area contributed by atoms with E-state index >= 15 is 0 Å². The van der Waals surface area contributed by atoms with Crippen LogP contribution in [-0.4, -0.2) is 11.1 Å². The molecule has 0 fully saturated rings. The quantitative estimate of drug-likeness (QED) is 0.897. The molecule has 0 aliphatic rings. The van der Waals surface area contributed by atoms with Crippen LogP contribution >= 0.6 is 23.1 Å². The monoisotopic (exact) mass is 250 g/mol. The van der Waals surface area contributed by atoms with Gasteiger partial charge in [-0.05, 0) is 30.5 Å². The number of carboxylic acids is 1. The molecule has 0 unspecified atom stereocenters. The fourth-order valence-electron chi connectivity index (χ4n) is 1.33. The highest BCUT2D eigenvalue weighted by Crippen LogP contribution is 2.33. The summed E-state index contributed by atoms with van der Waals surface area (Å²) in [6.45, 7) is 1.89. The molecule has 0 spiro atoms. The van der Waals surface area contributed by atoms with E-state index in [1.165, 1.54) is 11.8 Å². The Balaban J connectivity index is 2.36. The third kappa shape index (κ3) is 2.46. The fourth-order valence-corrected chi connectivity index (χ4v) is 3.16. The number of thiophene rings is 1. The van der Waals surface area contributed by atoms with Crippen molar-refractivity contribution in [2.45, 2.75) is 16.0 Å². The Morgan fingerprint density at radius 1 is 1.38 bits per heavy atom. The third-order valence-corrected chi connectivity index (χ3v) is 4.18. The van der Waals surface area contributed by atoms with Gasteiger partial charge in [0.2, 0.25) is 0 Å². The number of hydrogen-bond acceptors (Lipinski definition) is 3. The molecule has 0 saturated carbocycles. The van der Waals surface area contributed by atoms with Crippen LogP contribution in [0.1, 0.15) is 15.9 Å². The molecule has 2 aromatic rings. The van der Waals surface area contributed by atoms with Crippen LogP contribution in [0, 0.1) is 6.92 Å². The zero-order chi connectivity index (χ0) is 11.5. The smallest absolute Gasteiger partial charge is 0.336 e. The molecule has 4 heteroatoms. The van der Waals surface area contributed by atoms with Crippen LogP contribution in [0.25, 0.3) is 0 Å². The predicted octanol–water partition coefficient (Wildman–Crippen LogP) is 3.91. The number of benzene rings is 1. The normalized spacial score (nSPS) is 10.3. The summed E-state index contributed by atoms with van der Waals surface area (Å²) in [6, 6.07) is 9.45. The van der Waals surface area contributed by atoms with Crippen LogP contribution in [0.3, 0.4) is 0 Å². The number of rotatable bonds is 3. The first kappa shape index (κ1) is 11.2. The van der Waals surface area contributed by atoms with Gasteiger partial charge in [0.1, 0.15) is 0 Å². The Hall–Kier alpha value is -1.26. The number of carboxylic acid groups (broad SMARTS) is 1. The first-order valence-corrected chi connectivity index (χ1v) is 6.42. The van der Waals surface area contributed by atoms with Gasteiger partial charge in [-0.1, -0.05) is 29.5 Å². The van der Waals surface area contributed by atoms with E-state index in [1.54, 1.807) is 17.4 Å². The Morgan fingerprint density at radius 3 is 2.81 bits per heavy atom. The van der Waals surface area contributed by atoms with Crippen molar-refractivity contribution >= 4 is 29.1 Å². The maximum Gasteiger partial charge on any atom is 0.336 e. The summed E-state index contributed by atoms with van der Waals surface area (Å²) >= 11 is 3.11. The molecule has 1 heterocycles. The summed E-state index contributed by atoms with van der Waals surface area (Å²) in [4.78, 5) is 11.9. The Labute approximate surface area is 102 Å². The molecular formula is C12H10O2S2. The van der Waals surface area contributed by atoms with Crippen LogP contribution < -0.4 is 0 Å². The molecular weight excluding hydrogens is 240 g/mol. The minimum Gasteiger partial charge on any atom is -0.478 e. The van der Waals surface area contributed by atoms with Gasteiger partial charge >= 0.3 is 5.97 Å². The van der Waals surface area contributed by atoms with Crippen molar-refractivity contribution in [2.75, 3.05) is 0 Å². The van der Waals surface area contributed by atoms with E-state index in [0.717, 1.165) is 14.7 Å². The molecule has 0 atom stereocenters. The molecule has 0 amide bonds. The molecule has 0 aliphatic carbocycles. The first-order chi connectivity index (χ1) is 7.66.